The predicted octanol–water partition coefficient (Wildman–Crippen LogP) is 0.921. The Morgan fingerprint density at radius 3 is 2.71 bits per heavy atom. The van der Waals surface area contributed by atoms with Gasteiger partial charge in [0.15, 0.2) is 5.78 Å². The van der Waals surface area contributed by atoms with Gasteiger partial charge in [-0.3, -0.25) is 9.59 Å². The van der Waals surface area contributed by atoms with Gasteiger partial charge in [0.1, 0.15) is 19.2 Å². The van der Waals surface area contributed by atoms with E-state index in [2.05, 4.69) is 9.89 Å². The first-order chi connectivity index (χ1) is 6.70. The van der Waals surface area contributed by atoms with E-state index in [0.717, 1.165) is 19.1 Å². The van der Waals surface area contributed by atoms with Gasteiger partial charge in [0.2, 0.25) is 0 Å². The van der Waals surface area contributed by atoms with E-state index >= 15 is 0 Å². The monoisotopic (exact) mass is 201 g/mol. The lowest BCUT2D eigenvalue weighted by Gasteiger charge is -1.95. The average Bonchev–Trinajstić information content (AvgIpc) is 2.17. The first-order valence-corrected chi connectivity index (χ1v) is 4.45. The van der Waals surface area contributed by atoms with Crippen molar-refractivity contribution in [1.82, 2.24) is 0 Å². The zero-order chi connectivity index (χ0) is 10.8. The van der Waals surface area contributed by atoms with Crippen molar-refractivity contribution in [3.63, 3.8) is 0 Å². The van der Waals surface area contributed by atoms with Gasteiger partial charge in [-0.25, -0.2) is 0 Å². The van der Waals surface area contributed by atoms with Gasteiger partial charge in [0.05, 0.1) is 7.11 Å². The number of ketones is 1. The highest BCUT2D eigenvalue weighted by atomic mass is 16.6. The van der Waals surface area contributed by atoms with Crippen LogP contribution >= 0.6 is 0 Å². The minimum atomic E-state index is -0.574. The van der Waals surface area contributed by atoms with Crippen molar-refractivity contribution in [3.8, 4) is 0 Å². The number of methoxy groups -OCH3 is 1. The molecular formula is C9H15NO4. The standard InChI is InChI=1S/C9H15NO4/c1-3-4-5-14-10-7-8(11)6-9(12)13-2/h7H,3-6H2,1-2H3. The Morgan fingerprint density at radius 2 is 2.14 bits per heavy atom. The zero-order valence-electron chi connectivity index (χ0n) is 8.49. The van der Waals surface area contributed by atoms with Crippen molar-refractivity contribution < 1.29 is 19.2 Å². The molecule has 0 aliphatic rings. The minimum Gasteiger partial charge on any atom is -0.469 e. The van der Waals surface area contributed by atoms with Gasteiger partial charge in [-0.1, -0.05) is 18.5 Å². The summed E-state index contributed by atoms with van der Waals surface area (Å²) in [5.41, 5.74) is 0. The highest BCUT2D eigenvalue weighted by Crippen LogP contribution is 1.89. The highest BCUT2D eigenvalue weighted by Gasteiger charge is 2.06. The summed E-state index contributed by atoms with van der Waals surface area (Å²) in [4.78, 5) is 26.3. The summed E-state index contributed by atoms with van der Waals surface area (Å²) in [5.74, 6) is -0.997. The van der Waals surface area contributed by atoms with Crippen molar-refractivity contribution >= 4 is 18.0 Å². The Morgan fingerprint density at radius 1 is 1.43 bits per heavy atom. The number of hydrogen-bond donors (Lipinski definition) is 0. The van der Waals surface area contributed by atoms with Gasteiger partial charge in [-0.15, -0.1) is 0 Å². The number of rotatable bonds is 7. The van der Waals surface area contributed by atoms with Crippen LogP contribution in [0.2, 0.25) is 0 Å². The van der Waals surface area contributed by atoms with Crippen LogP contribution in [0.3, 0.4) is 0 Å². The molecule has 14 heavy (non-hydrogen) atoms. The normalized spacial score (nSPS) is 10.1. The minimum absolute atomic E-state index is 0.295. The number of nitrogens with zero attached hydrogens (tertiary/aromatic N) is 1. The molecule has 5 nitrogen and oxygen atoms in total. The molecular weight excluding hydrogens is 186 g/mol. The van der Waals surface area contributed by atoms with Crippen LogP contribution < -0.4 is 0 Å². The third-order valence-corrected chi connectivity index (χ3v) is 1.41. The SMILES string of the molecule is CCCCON=CC(=O)CC(=O)OC. The molecule has 0 N–H and O–H groups in total. The van der Waals surface area contributed by atoms with E-state index in [1.807, 2.05) is 6.92 Å². The Balaban J connectivity index is 3.55. The van der Waals surface area contributed by atoms with Crippen molar-refractivity contribution in [2.24, 2.45) is 5.16 Å². The number of carbonyl (C=O) groups is 2. The van der Waals surface area contributed by atoms with E-state index in [9.17, 15) is 9.59 Å². The van der Waals surface area contributed by atoms with Crippen LogP contribution in [0.1, 0.15) is 26.2 Å². The lowest BCUT2D eigenvalue weighted by Crippen LogP contribution is -2.10. The molecule has 0 amide bonds. The molecule has 0 spiro atoms. The number of hydrogen-bond acceptors (Lipinski definition) is 5. The molecule has 0 rings (SSSR count). The summed E-state index contributed by atoms with van der Waals surface area (Å²) in [6, 6.07) is 0. The summed E-state index contributed by atoms with van der Waals surface area (Å²) in [7, 11) is 1.23. The van der Waals surface area contributed by atoms with E-state index in [4.69, 9.17) is 4.84 Å². The lowest BCUT2D eigenvalue weighted by atomic mass is 10.3. The van der Waals surface area contributed by atoms with Crippen molar-refractivity contribution in [1.29, 1.82) is 0 Å². The maximum Gasteiger partial charge on any atom is 0.313 e. The second-order valence-corrected chi connectivity index (χ2v) is 2.64. The molecule has 0 aromatic rings. The molecule has 0 unspecified atom stereocenters. The number of oxime groups is 1. The summed E-state index contributed by atoms with van der Waals surface area (Å²) in [6.45, 7) is 2.51. The molecule has 0 radical (unpaired) electrons. The Hall–Kier alpha value is -1.39. The molecule has 0 aliphatic heterocycles. The van der Waals surface area contributed by atoms with E-state index in [1.54, 1.807) is 0 Å². The Kier molecular flexibility index (Phi) is 7.40. The van der Waals surface area contributed by atoms with E-state index in [1.165, 1.54) is 7.11 Å². The van der Waals surface area contributed by atoms with Gasteiger partial charge in [0.25, 0.3) is 0 Å². The molecule has 80 valence electrons. The molecule has 5 heteroatoms. The summed E-state index contributed by atoms with van der Waals surface area (Å²) < 4.78 is 4.30. The van der Waals surface area contributed by atoms with Crippen LogP contribution in [0, 0.1) is 0 Å². The third kappa shape index (κ3) is 7.27. The average molecular weight is 201 g/mol. The smallest absolute Gasteiger partial charge is 0.313 e. The number of Topliss-reactive ketones (excluding diaryl/α,β-unsaturated/α-hetero) is 1. The second-order valence-electron chi connectivity index (χ2n) is 2.64. The summed E-state index contributed by atoms with van der Waals surface area (Å²) >= 11 is 0. The van der Waals surface area contributed by atoms with Crippen LogP contribution in [0.15, 0.2) is 5.16 Å². The second kappa shape index (κ2) is 8.22. The highest BCUT2D eigenvalue weighted by molar-refractivity contribution is 6.31. The third-order valence-electron chi connectivity index (χ3n) is 1.41. The summed E-state index contributed by atoms with van der Waals surface area (Å²) in [5, 5.41) is 3.41. The fourth-order valence-corrected chi connectivity index (χ4v) is 0.618. The van der Waals surface area contributed by atoms with Crippen LogP contribution in [0.25, 0.3) is 0 Å². The first-order valence-electron chi connectivity index (χ1n) is 4.45. The van der Waals surface area contributed by atoms with E-state index in [-0.39, 0.29) is 6.42 Å². The number of carbonyl (C=O) groups excluding carboxylic acids is 2. The van der Waals surface area contributed by atoms with E-state index in [0.29, 0.717) is 6.61 Å². The van der Waals surface area contributed by atoms with Gasteiger partial charge in [-0.05, 0) is 6.42 Å². The molecule has 0 atom stereocenters. The first kappa shape index (κ1) is 12.6. The van der Waals surface area contributed by atoms with Crippen molar-refractivity contribution in [3.05, 3.63) is 0 Å². The van der Waals surface area contributed by atoms with Crippen molar-refractivity contribution in [2.45, 2.75) is 26.2 Å². The van der Waals surface area contributed by atoms with Crippen LogP contribution in [0.4, 0.5) is 0 Å². The number of ether oxygens (including phenoxy) is 1. The molecule has 0 aromatic heterocycles. The topological polar surface area (TPSA) is 65.0 Å². The van der Waals surface area contributed by atoms with Crippen LogP contribution in [-0.2, 0) is 19.2 Å². The molecule has 0 fully saturated rings. The molecule has 0 aliphatic carbocycles. The van der Waals surface area contributed by atoms with Gasteiger partial charge >= 0.3 is 5.97 Å². The molecule has 0 bridgehead atoms. The molecule has 0 saturated heterocycles. The fourth-order valence-electron chi connectivity index (χ4n) is 0.618. The van der Waals surface area contributed by atoms with Crippen LogP contribution in [0.5, 0.6) is 0 Å². The van der Waals surface area contributed by atoms with Crippen LogP contribution in [-0.4, -0.2) is 31.7 Å². The predicted molar refractivity (Wildman–Crippen MR) is 51.0 cm³/mol. The molecule has 0 heterocycles. The quantitative estimate of drug-likeness (QED) is 0.202. The zero-order valence-corrected chi connectivity index (χ0v) is 8.49. The Labute approximate surface area is 83.1 Å². The fraction of sp³-hybridized carbons (Fsp3) is 0.667. The van der Waals surface area contributed by atoms with Gasteiger partial charge < -0.3 is 9.57 Å². The summed E-state index contributed by atoms with van der Waals surface area (Å²) in [6.07, 6.45) is 2.60. The number of unbranched alkanes of at least 4 members (excludes halogenated alkanes) is 1. The maximum atomic E-state index is 10.9. The number of esters is 1. The molecule has 0 aromatic carbocycles. The van der Waals surface area contributed by atoms with Gasteiger partial charge in [-0.2, -0.15) is 0 Å². The maximum absolute atomic E-state index is 10.9. The van der Waals surface area contributed by atoms with Gasteiger partial charge in [0, 0.05) is 0 Å². The largest absolute Gasteiger partial charge is 0.469 e. The lowest BCUT2D eigenvalue weighted by molar-refractivity contribution is -0.142. The Bertz CT molecular complexity index is 213. The molecule has 0 saturated carbocycles. The van der Waals surface area contributed by atoms with Crippen molar-refractivity contribution in [2.75, 3.05) is 13.7 Å². The van der Waals surface area contributed by atoms with E-state index < -0.39 is 11.8 Å².